The molecule has 0 aliphatic rings. The van der Waals surface area contributed by atoms with Crippen molar-refractivity contribution in [2.45, 2.75) is 116 Å². The molecule has 5 aromatic rings. The van der Waals surface area contributed by atoms with Gasteiger partial charge in [0.1, 0.15) is 23.0 Å². The van der Waals surface area contributed by atoms with Crippen molar-refractivity contribution in [2.75, 3.05) is 0 Å². The fraction of sp³-hybridized carbons (Fsp3) is 0.522. The third kappa shape index (κ3) is 10.6. The number of hydrogen-bond acceptors (Lipinski definition) is 6. The molecule has 1 radical (unpaired) electrons. The molecule has 289 valence electrons. The van der Waals surface area contributed by atoms with Gasteiger partial charge >= 0.3 is 0 Å². The zero-order valence-corrected chi connectivity index (χ0v) is 37.1. The number of rotatable bonds is 9. The quantitative estimate of drug-likeness (QED) is 0.0901. The second-order valence-electron chi connectivity index (χ2n) is 18.3. The van der Waals surface area contributed by atoms with Crippen molar-refractivity contribution in [2.24, 2.45) is 40.9 Å². The molecule has 0 unspecified atom stereocenters. The number of ketones is 1. The van der Waals surface area contributed by atoms with Gasteiger partial charge in [-0.05, 0) is 71.7 Å². The molecule has 0 saturated carbocycles. The van der Waals surface area contributed by atoms with E-state index in [1.807, 2.05) is 13.1 Å². The van der Waals surface area contributed by atoms with Crippen molar-refractivity contribution < 1.29 is 34.4 Å². The van der Waals surface area contributed by atoms with E-state index in [0.717, 1.165) is 45.2 Å². The summed E-state index contributed by atoms with van der Waals surface area (Å²) in [5.74, 6) is 1.63. The van der Waals surface area contributed by atoms with Crippen LogP contribution in [-0.4, -0.2) is 25.8 Å². The van der Waals surface area contributed by atoms with E-state index < -0.39 is 0 Å². The van der Waals surface area contributed by atoms with Crippen LogP contribution in [0.5, 0.6) is 0 Å². The molecule has 0 saturated heterocycles. The smallest absolute Gasteiger partial charge is 0.162 e. The molecule has 0 atom stereocenters. The molecule has 7 heteroatoms. The van der Waals surface area contributed by atoms with Crippen molar-refractivity contribution in [1.82, 2.24) is 15.0 Å². The van der Waals surface area contributed by atoms with Crippen LogP contribution in [0.4, 0.5) is 0 Å². The molecular weight excluding hydrogens is 835 g/mol. The van der Waals surface area contributed by atoms with Crippen LogP contribution >= 0.6 is 0 Å². The molecule has 0 amide bonds. The van der Waals surface area contributed by atoms with Crippen molar-refractivity contribution in [1.29, 1.82) is 0 Å². The van der Waals surface area contributed by atoms with Crippen molar-refractivity contribution in [3.8, 4) is 11.3 Å². The Kier molecular flexibility index (Phi) is 14.4. The second-order valence-corrected chi connectivity index (χ2v) is 18.3. The molecule has 0 fully saturated rings. The van der Waals surface area contributed by atoms with Crippen LogP contribution in [0.1, 0.15) is 114 Å². The summed E-state index contributed by atoms with van der Waals surface area (Å²) in [4.78, 5) is 26.1. The van der Waals surface area contributed by atoms with E-state index in [4.69, 9.17) is 4.42 Å². The Morgan fingerprint density at radius 2 is 1.43 bits per heavy atom. The van der Waals surface area contributed by atoms with Gasteiger partial charge in [0.15, 0.2) is 5.78 Å². The maximum Gasteiger partial charge on any atom is 0.162 e. The van der Waals surface area contributed by atoms with Gasteiger partial charge in [-0.25, -0.2) is 4.98 Å². The zero-order chi connectivity index (χ0) is 38.9. The van der Waals surface area contributed by atoms with Crippen molar-refractivity contribution in [3.63, 3.8) is 0 Å². The van der Waals surface area contributed by atoms with Gasteiger partial charge in [0, 0.05) is 49.1 Å². The average molecular weight is 897 g/mol. The summed E-state index contributed by atoms with van der Waals surface area (Å²) in [5.41, 5.74) is 7.73. The Labute approximate surface area is 332 Å². The first kappa shape index (κ1) is 44.0. The molecule has 53 heavy (non-hydrogen) atoms. The maximum atomic E-state index is 12.3. The Hall–Kier alpha value is -3.41. The number of benzene rings is 2. The van der Waals surface area contributed by atoms with Crippen LogP contribution in [0.15, 0.2) is 59.1 Å². The van der Waals surface area contributed by atoms with Crippen LogP contribution in [0.2, 0.25) is 0 Å². The molecule has 0 spiro atoms. The Morgan fingerprint density at radius 1 is 0.830 bits per heavy atom. The molecule has 0 aliphatic carbocycles. The van der Waals surface area contributed by atoms with E-state index in [1.165, 1.54) is 22.6 Å². The summed E-state index contributed by atoms with van der Waals surface area (Å²) in [6, 6.07) is 14.3. The van der Waals surface area contributed by atoms with Gasteiger partial charge in [-0.3, -0.25) is 9.78 Å². The number of hydrogen-bond donors (Lipinski definition) is 1. The topological polar surface area (TPSA) is 89.1 Å². The summed E-state index contributed by atoms with van der Waals surface area (Å²) in [6.07, 6.45) is 5.99. The van der Waals surface area contributed by atoms with E-state index >= 15 is 0 Å². The summed E-state index contributed by atoms with van der Waals surface area (Å²) >= 11 is 0. The number of carbonyl (C=O) groups excluding carboxylic acids is 1. The van der Waals surface area contributed by atoms with E-state index in [1.54, 1.807) is 6.33 Å². The van der Waals surface area contributed by atoms with Crippen molar-refractivity contribution >= 4 is 38.6 Å². The number of fused-ring (bicyclic) bond motifs is 4. The predicted octanol–water partition coefficient (Wildman–Crippen LogP) is 12.4. The normalized spacial score (nSPS) is 12.9. The van der Waals surface area contributed by atoms with Gasteiger partial charge in [-0.1, -0.05) is 125 Å². The fourth-order valence-electron chi connectivity index (χ4n) is 7.78. The molecule has 6 nitrogen and oxygen atoms in total. The van der Waals surface area contributed by atoms with Crippen LogP contribution in [0.3, 0.4) is 0 Å². The number of aryl methyl sites for hydroxylation is 1. The standard InChI is InChI=1S/C29H30N3O.C17H32O2.Ir/c1-17-10-22-20(15-30-17)12-19(13-23(22)29(5,6)7)25-27-26(32-16-31-25)21-9-8-18(11-24(21)33-27)14-28(2,3)4;1-10(2)16(11(3)4)14(18)9-15(19)17(12(5)6)13(7)8;/h8-11,13,15-16H,14H2,1-7H3;9-13,16-18H,1-8H3;/q-1;;/b;14-9-;. The second kappa shape index (κ2) is 17.4. The molecular formula is C46H62IrN3O3-. The summed E-state index contributed by atoms with van der Waals surface area (Å²) in [6.45, 7) is 32.1. The van der Waals surface area contributed by atoms with Gasteiger partial charge in [0.2, 0.25) is 0 Å². The van der Waals surface area contributed by atoms with Crippen LogP contribution in [0.25, 0.3) is 44.1 Å². The summed E-state index contributed by atoms with van der Waals surface area (Å²) < 4.78 is 6.39. The summed E-state index contributed by atoms with van der Waals surface area (Å²) in [7, 11) is 0. The molecule has 2 aromatic carbocycles. The number of carbonyl (C=O) groups is 1. The number of nitrogens with zero attached hydrogens (tertiary/aromatic N) is 3. The number of aromatic nitrogens is 3. The first-order valence-corrected chi connectivity index (χ1v) is 19.0. The first-order chi connectivity index (χ1) is 24.1. The van der Waals surface area contributed by atoms with Crippen LogP contribution in [0, 0.1) is 53.9 Å². The molecule has 3 aromatic heterocycles. The number of aliphatic hydroxyl groups excluding tert-OH is 1. The molecule has 3 heterocycles. The monoisotopic (exact) mass is 897 g/mol. The number of aliphatic hydroxyl groups is 1. The SMILES string of the molecule is CC(C)C(C(=O)/C=C(\O)C(C(C)C)C(C)C)C(C)C.Cc1cc2c(C(C)(C)C)cc(-c3ncnc4c3oc3cc(CC(C)(C)C)ccc34)[c-]c2cn1.[Ir]. The molecule has 0 bridgehead atoms. The number of pyridine rings is 1. The average Bonchev–Trinajstić information content (AvgIpc) is 3.36. The Balaban J connectivity index is 0.000000327. The fourth-order valence-corrected chi connectivity index (χ4v) is 7.78. The van der Waals surface area contributed by atoms with E-state index in [0.29, 0.717) is 29.3 Å². The van der Waals surface area contributed by atoms with E-state index in [-0.39, 0.29) is 54.3 Å². The van der Waals surface area contributed by atoms with Gasteiger partial charge in [0.05, 0.1) is 11.5 Å². The summed E-state index contributed by atoms with van der Waals surface area (Å²) in [5, 5.41) is 13.5. The predicted molar refractivity (Wildman–Crippen MR) is 218 cm³/mol. The van der Waals surface area contributed by atoms with Crippen LogP contribution in [-0.2, 0) is 36.7 Å². The van der Waals surface area contributed by atoms with Gasteiger partial charge in [-0.2, -0.15) is 0 Å². The zero-order valence-electron chi connectivity index (χ0n) is 34.7. The van der Waals surface area contributed by atoms with E-state index in [9.17, 15) is 9.90 Å². The van der Waals surface area contributed by atoms with Crippen LogP contribution < -0.4 is 0 Å². The molecule has 0 aliphatic heterocycles. The minimum atomic E-state index is -0.0439. The van der Waals surface area contributed by atoms with Gasteiger partial charge < -0.3 is 14.5 Å². The maximum absolute atomic E-state index is 12.3. The minimum absolute atomic E-state index is 0. The number of furan rings is 1. The number of allylic oxidation sites excluding steroid dienone is 2. The third-order valence-electron chi connectivity index (χ3n) is 9.84. The van der Waals surface area contributed by atoms with Gasteiger partial charge in [-0.15, -0.1) is 17.7 Å². The van der Waals surface area contributed by atoms with E-state index in [2.05, 4.69) is 148 Å². The van der Waals surface area contributed by atoms with Crippen molar-refractivity contribution in [3.05, 3.63) is 77.6 Å². The Bertz CT molecular complexity index is 2040. The molecule has 5 rings (SSSR count). The molecule has 1 N–H and O–H groups in total. The minimum Gasteiger partial charge on any atom is -0.512 e. The Morgan fingerprint density at radius 3 is 1.98 bits per heavy atom. The van der Waals surface area contributed by atoms with Gasteiger partial charge in [0.25, 0.3) is 0 Å². The third-order valence-corrected chi connectivity index (χ3v) is 9.84. The largest absolute Gasteiger partial charge is 0.512 e. The first-order valence-electron chi connectivity index (χ1n) is 19.0.